The second-order valence-corrected chi connectivity index (χ2v) is 4.99. The van der Waals surface area contributed by atoms with Crippen molar-refractivity contribution in [3.63, 3.8) is 0 Å². The van der Waals surface area contributed by atoms with Gasteiger partial charge in [-0.1, -0.05) is 30.3 Å². The van der Waals surface area contributed by atoms with Crippen molar-refractivity contribution in [2.24, 2.45) is 0 Å². The number of likely N-dealkylation sites (tertiary alicyclic amines) is 1. The van der Waals surface area contributed by atoms with Gasteiger partial charge in [0.1, 0.15) is 0 Å². The first-order chi connectivity index (χ1) is 7.77. The third kappa shape index (κ3) is 1.66. The number of benzene rings is 1. The first-order valence-corrected chi connectivity index (χ1v) is 6.23. The fraction of sp³-hybridized carbons (Fsp3) is 0.571. The minimum absolute atomic E-state index is 0.500. The van der Waals surface area contributed by atoms with Gasteiger partial charge in [0.05, 0.1) is 12.2 Å². The molecular weight excluding hydrogens is 198 g/mol. The Hall–Kier alpha value is -0.860. The molecule has 1 aromatic carbocycles. The van der Waals surface area contributed by atoms with Crippen LogP contribution in [-0.2, 0) is 4.74 Å². The lowest BCUT2D eigenvalue weighted by Crippen LogP contribution is -2.43. The van der Waals surface area contributed by atoms with Gasteiger partial charge >= 0.3 is 0 Å². The SMILES string of the molecule is C[C@H](c1ccccc1)N1CC[C@H]2O[C@H]2[C@@H]1C. The van der Waals surface area contributed by atoms with Crippen LogP contribution in [0.2, 0.25) is 0 Å². The molecule has 2 saturated heterocycles. The normalized spacial score (nSPS) is 35.5. The monoisotopic (exact) mass is 217 g/mol. The molecule has 2 heterocycles. The smallest absolute Gasteiger partial charge is 0.0994 e. The maximum atomic E-state index is 5.66. The molecule has 0 aromatic heterocycles. The summed E-state index contributed by atoms with van der Waals surface area (Å²) in [5.41, 5.74) is 1.41. The largest absolute Gasteiger partial charge is 0.368 e. The van der Waals surface area contributed by atoms with Crippen LogP contribution in [-0.4, -0.2) is 29.7 Å². The Bertz CT molecular complexity index is 364. The summed E-state index contributed by atoms with van der Waals surface area (Å²) in [6.45, 7) is 5.76. The molecule has 0 N–H and O–H groups in total. The van der Waals surface area contributed by atoms with E-state index in [9.17, 15) is 0 Å². The van der Waals surface area contributed by atoms with Gasteiger partial charge in [-0.15, -0.1) is 0 Å². The van der Waals surface area contributed by atoms with Gasteiger partial charge in [-0.05, 0) is 25.8 Å². The summed E-state index contributed by atoms with van der Waals surface area (Å²) in [4.78, 5) is 2.57. The predicted octanol–water partition coefficient (Wildman–Crippen LogP) is 2.61. The second kappa shape index (κ2) is 3.86. The number of fused-ring (bicyclic) bond motifs is 1. The number of nitrogens with zero attached hydrogens (tertiary/aromatic N) is 1. The number of hydrogen-bond donors (Lipinski definition) is 0. The lowest BCUT2D eigenvalue weighted by molar-refractivity contribution is 0.125. The number of hydrogen-bond acceptors (Lipinski definition) is 2. The third-order valence-corrected chi connectivity index (χ3v) is 4.07. The molecule has 2 aliphatic heterocycles. The summed E-state index contributed by atoms with van der Waals surface area (Å²) < 4.78 is 5.66. The number of rotatable bonds is 2. The van der Waals surface area contributed by atoms with Crippen LogP contribution in [0.4, 0.5) is 0 Å². The number of piperidine rings is 1. The Balaban J connectivity index is 1.77. The first-order valence-electron chi connectivity index (χ1n) is 6.23. The molecule has 0 bridgehead atoms. The highest BCUT2D eigenvalue weighted by Crippen LogP contribution is 2.39. The van der Waals surface area contributed by atoms with Crippen LogP contribution in [0.15, 0.2) is 30.3 Å². The molecule has 2 fully saturated rings. The molecule has 0 radical (unpaired) electrons. The fourth-order valence-corrected chi connectivity index (χ4v) is 2.95. The summed E-state index contributed by atoms with van der Waals surface area (Å²) in [7, 11) is 0. The van der Waals surface area contributed by atoms with Crippen LogP contribution >= 0.6 is 0 Å². The van der Waals surface area contributed by atoms with Crippen LogP contribution in [0.25, 0.3) is 0 Å². The van der Waals surface area contributed by atoms with Gasteiger partial charge in [-0.25, -0.2) is 0 Å². The molecule has 2 aliphatic rings. The highest BCUT2D eigenvalue weighted by molar-refractivity contribution is 5.19. The summed E-state index contributed by atoms with van der Waals surface area (Å²) in [5.74, 6) is 0. The van der Waals surface area contributed by atoms with Crippen molar-refractivity contribution in [2.45, 2.75) is 44.6 Å². The Morgan fingerprint density at radius 1 is 1.31 bits per heavy atom. The molecule has 0 saturated carbocycles. The second-order valence-electron chi connectivity index (χ2n) is 4.99. The Labute approximate surface area is 97.2 Å². The maximum Gasteiger partial charge on any atom is 0.0994 e. The topological polar surface area (TPSA) is 15.8 Å². The van der Waals surface area contributed by atoms with E-state index in [1.54, 1.807) is 0 Å². The lowest BCUT2D eigenvalue weighted by atomic mass is 9.98. The van der Waals surface area contributed by atoms with E-state index in [1.807, 2.05) is 0 Å². The first kappa shape index (κ1) is 10.3. The average Bonchev–Trinajstić information content (AvgIpc) is 3.10. The summed E-state index contributed by atoms with van der Waals surface area (Å²) in [6, 6.07) is 11.8. The van der Waals surface area contributed by atoms with Gasteiger partial charge in [0.25, 0.3) is 0 Å². The molecule has 3 rings (SSSR count). The zero-order chi connectivity index (χ0) is 11.1. The van der Waals surface area contributed by atoms with Gasteiger partial charge in [0.15, 0.2) is 0 Å². The minimum atomic E-state index is 0.500. The molecule has 16 heavy (non-hydrogen) atoms. The average molecular weight is 217 g/mol. The van der Waals surface area contributed by atoms with E-state index in [1.165, 1.54) is 18.5 Å². The molecule has 86 valence electrons. The number of epoxide rings is 1. The Morgan fingerprint density at radius 3 is 2.81 bits per heavy atom. The number of ether oxygens (including phenoxy) is 1. The molecule has 0 amide bonds. The van der Waals surface area contributed by atoms with E-state index < -0.39 is 0 Å². The summed E-state index contributed by atoms with van der Waals surface area (Å²) in [6.07, 6.45) is 2.26. The zero-order valence-electron chi connectivity index (χ0n) is 9.97. The Kier molecular flexibility index (Phi) is 2.49. The highest BCUT2D eigenvalue weighted by atomic mass is 16.6. The van der Waals surface area contributed by atoms with Crippen molar-refractivity contribution in [3.8, 4) is 0 Å². The van der Waals surface area contributed by atoms with Crippen LogP contribution in [0, 0.1) is 0 Å². The van der Waals surface area contributed by atoms with E-state index in [4.69, 9.17) is 4.74 Å². The van der Waals surface area contributed by atoms with Gasteiger partial charge in [0.2, 0.25) is 0 Å². The lowest BCUT2D eigenvalue weighted by Gasteiger charge is -2.36. The Morgan fingerprint density at radius 2 is 2.06 bits per heavy atom. The standard InChI is InChI=1S/C14H19NO/c1-10(12-6-4-3-5-7-12)15-9-8-13-14(16-13)11(15)2/h3-7,10-11,13-14H,8-9H2,1-2H3/t10-,11+,13-,14+/m1/s1. The summed E-state index contributed by atoms with van der Waals surface area (Å²) in [5, 5.41) is 0. The zero-order valence-corrected chi connectivity index (χ0v) is 9.97. The molecule has 0 spiro atoms. The summed E-state index contributed by atoms with van der Waals surface area (Å²) >= 11 is 0. The minimum Gasteiger partial charge on any atom is -0.368 e. The molecule has 4 atom stereocenters. The van der Waals surface area contributed by atoms with Crippen molar-refractivity contribution in [1.29, 1.82) is 0 Å². The van der Waals surface area contributed by atoms with Crippen molar-refractivity contribution >= 4 is 0 Å². The van der Waals surface area contributed by atoms with Crippen LogP contribution in [0.3, 0.4) is 0 Å². The predicted molar refractivity (Wildman–Crippen MR) is 64.3 cm³/mol. The molecule has 0 unspecified atom stereocenters. The van der Waals surface area contributed by atoms with Gasteiger partial charge < -0.3 is 4.74 Å². The molecule has 0 aliphatic carbocycles. The van der Waals surface area contributed by atoms with Crippen LogP contribution in [0.5, 0.6) is 0 Å². The van der Waals surface area contributed by atoms with E-state index >= 15 is 0 Å². The highest BCUT2D eigenvalue weighted by Gasteiger charge is 2.49. The van der Waals surface area contributed by atoms with Gasteiger partial charge in [-0.3, -0.25) is 4.90 Å². The maximum absolute atomic E-state index is 5.66. The van der Waals surface area contributed by atoms with E-state index in [-0.39, 0.29) is 0 Å². The fourth-order valence-electron chi connectivity index (χ4n) is 2.95. The molecular formula is C14H19NO. The van der Waals surface area contributed by atoms with Crippen LogP contribution in [0.1, 0.15) is 31.9 Å². The molecule has 2 nitrogen and oxygen atoms in total. The van der Waals surface area contributed by atoms with Crippen molar-refractivity contribution in [1.82, 2.24) is 4.90 Å². The van der Waals surface area contributed by atoms with Gasteiger partial charge in [-0.2, -0.15) is 0 Å². The van der Waals surface area contributed by atoms with E-state index in [0.717, 1.165) is 0 Å². The molecule has 2 heteroatoms. The van der Waals surface area contributed by atoms with Crippen molar-refractivity contribution < 1.29 is 4.74 Å². The molecule has 1 aromatic rings. The van der Waals surface area contributed by atoms with Gasteiger partial charge in [0, 0.05) is 18.6 Å². The quantitative estimate of drug-likeness (QED) is 0.708. The van der Waals surface area contributed by atoms with Crippen molar-refractivity contribution in [2.75, 3.05) is 6.54 Å². The third-order valence-electron chi connectivity index (χ3n) is 4.07. The van der Waals surface area contributed by atoms with E-state index in [2.05, 4.69) is 49.1 Å². The van der Waals surface area contributed by atoms with Crippen molar-refractivity contribution in [3.05, 3.63) is 35.9 Å². The van der Waals surface area contributed by atoms with E-state index in [0.29, 0.717) is 24.3 Å². The van der Waals surface area contributed by atoms with Crippen LogP contribution < -0.4 is 0 Å².